The number of carbonyl (C=O) groups excluding carboxylic acids is 1. The van der Waals surface area contributed by atoms with Crippen LogP contribution < -0.4 is 4.90 Å². The van der Waals surface area contributed by atoms with E-state index in [1.807, 2.05) is 78.7 Å². The highest BCUT2D eigenvalue weighted by Crippen LogP contribution is 2.37. The molecule has 3 nitrogen and oxygen atoms in total. The Morgan fingerprint density at radius 3 is 2.41 bits per heavy atom. The van der Waals surface area contributed by atoms with Crippen molar-refractivity contribution in [3.63, 3.8) is 0 Å². The second kappa shape index (κ2) is 4.88. The Bertz CT molecular complexity index is 852. The number of esters is 1. The number of hydrogen-bond donors (Lipinski definition) is 0. The van der Waals surface area contributed by atoms with Crippen LogP contribution in [0.25, 0.3) is 10.8 Å². The molecule has 22 heavy (non-hydrogen) atoms. The van der Waals surface area contributed by atoms with Crippen LogP contribution in [0.2, 0.25) is 0 Å². The van der Waals surface area contributed by atoms with Gasteiger partial charge in [0.05, 0.1) is 5.56 Å². The summed E-state index contributed by atoms with van der Waals surface area (Å²) in [6.07, 6.45) is -0.409. The van der Waals surface area contributed by atoms with Gasteiger partial charge in [0.2, 0.25) is 6.23 Å². The number of para-hydroxylation sites is 1. The lowest BCUT2D eigenvalue weighted by molar-refractivity contribution is 0.0285. The van der Waals surface area contributed by atoms with Crippen molar-refractivity contribution in [2.45, 2.75) is 6.23 Å². The molecular formula is C19H15NO2. The first-order valence-corrected chi connectivity index (χ1v) is 7.26. The van der Waals surface area contributed by atoms with Crippen LogP contribution in [0.1, 0.15) is 22.1 Å². The molecule has 0 fully saturated rings. The van der Waals surface area contributed by atoms with Crippen molar-refractivity contribution in [1.29, 1.82) is 0 Å². The molecule has 1 unspecified atom stereocenters. The van der Waals surface area contributed by atoms with Crippen LogP contribution >= 0.6 is 0 Å². The monoisotopic (exact) mass is 289 g/mol. The van der Waals surface area contributed by atoms with E-state index >= 15 is 0 Å². The van der Waals surface area contributed by atoms with E-state index in [2.05, 4.69) is 0 Å². The summed E-state index contributed by atoms with van der Waals surface area (Å²) >= 11 is 0. The topological polar surface area (TPSA) is 29.5 Å². The van der Waals surface area contributed by atoms with Crippen LogP contribution in [-0.2, 0) is 4.74 Å². The molecule has 0 N–H and O–H groups in total. The molecule has 108 valence electrons. The maximum atomic E-state index is 12.4. The van der Waals surface area contributed by atoms with Crippen LogP contribution in [0.3, 0.4) is 0 Å². The van der Waals surface area contributed by atoms with Gasteiger partial charge in [0.25, 0.3) is 0 Å². The summed E-state index contributed by atoms with van der Waals surface area (Å²) in [4.78, 5) is 14.4. The Kier molecular flexibility index (Phi) is 2.86. The van der Waals surface area contributed by atoms with E-state index in [1.165, 1.54) is 0 Å². The Hall–Kier alpha value is -2.81. The molecule has 0 aliphatic carbocycles. The van der Waals surface area contributed by atoms with Crippen molar-refractivity contribution in [3.05, 3.63) is 77.9 Å². The van der Waals surface area contributed by atoms with Gasteiger partial charge in [-0.05, 0) is 23.6 Å². The Labute approximate surface area is 128 Å². The number of nitrogens with zero attached hydrogens (tertiary/aromatic N) is 1. The summed E-state index contributed by atoms with van der Waals surface area (Å²) in [7, 11) is 1.94. The zero-order valence-corrected chi connectivity index (χ0v) is 12.2. The van der Waals surface area contributed by atoms with Crippen molar-refractivity contribution < 1.29 is 9.53 Å². The summed E-state index contributed by atoms with van der Waals surface area (Å²) in [5.74, 6) is -0.267. The van der Waals surface area contributed by atoms with Crippen molar-refractivity contribution >= 4 is 22.4 Å². The first-order valence-electron chi connectivity index (χ1n) is 7.26. The molecule has 3 heteroatoms. The van der Waals surface area contributed by atoms with Gasteiger partial charge in [-0.2, -0.15) is 0 Å². The summed E-state index contributed by atoms with van der Waals surface area (Å²) in [5, 5.41) is 2.06. The first-order chi connectivity index (χ1) is 10.8. The zero-order valence-electron chi connectivity index (χ0n) is 12.2. The maximum Gasteiger partial charge on any atom is 0.340 e. The number of benzene rings is 3. The van der Waals surface area contributed by atoms with Gasteiger partial charge in [0.1, 0.15) is 0 Å². The van der Waals surface area contributed by atoms with Crippen molar-refractivity contribution in [2.75, 3.05) is 11.9 Å². The molecule has 1 heterocycles. The van der Waals surface area contributed by atoms with E-state index in [9.17, 15) is 4.79 Å². The number of rotatable bonds is 2. The molecular weight excluding hydrogens is 274 g/mol. The predicted octanol–water partition coefficient (Wildman–Crippen LogP) is 4.15. The van der Waals surface area contributed by atoms with E-state index < -0.39 is 6.23 Å². The predicted molar refractivity (Wildman–Crippen MR) is 86.9 cm³/mol. The summed E-state index contributed by atoms with van der Waals surface area (Å²) in [6.45, 7) is 0. The minimum atomic E-state index is -0.409. The molecule has 0 radical (unpaired) electrons. The van der Waals surface area contributed by atoms with Gasteiger partial charge in [-0.15, -0.1) is 0 Å². The molecule has 4 rings (SSSR count). The molecule has 0 spiro atoms. The average Bonchev–Trinajstić information content (AvgIpc) is 2.58. The Morgan fingerprint density at radius 1 is 0.909 bits per heavy atom. The lowest BCUT2D eigenvalue weighted by atomic mass is 9.95. The highest BCUT2D eigenvalue weighted by Gasteiger charge is 2.31. The first kappa shape index (κ1) is 12.9. The minimum absolute atomic E-state index is 0.267. The second-order valence-electron chi connectivity index (χ2n) is 5.46. The van der Waals surface area contributed by atoms with Gasteiger partial charge in [-0.3, -0.25) is 0 Å². The quantitative estimate of drug-likeness (QED) is 0.664. The Morgan fingerprint density at radius 2 is 1.64 bits per heavy atom. The van der Waals surface area contributed by atoms with Gasteiger partial charge < -0.3 is 9.64 Å². The minimum Gasteiger partial charge on any atom is -0.434 e. The zero-order chi connectivity index (χ0) is 15.1. The fourth-order valence-electron chi connectivity index (χ4n) is 3.06. The van der Waals surface area contributed by atoms with E-state index in [-0.39, 0.29) is 5.97 Å². The molecule has 1 atom stereocenters. The third-order valence-corrected chi connectivity index (χ3v) is 4.16. The van der Waals surface area contributed by atoms with Gasteiger partial charge in [-0.1, -0.05) is 48.5 Å². The van der Waals surface area contributed by atoms with Gasteiger partial charge in [0, 0.05) is 23.7 Å². The number of hydrogen-bond acceptors (Lipinski definition) is 3. The standard InChI is InChI=1S/C19H15NO2/c1-20(14-9-3-2-4-10-14)18-15-11-5-7-13-8-6-12-16(17(13)15)19(21)22-18/h2-12,18H,1H3. The van der Waals surface area contributed by atoms with Crippen LogP contribution in [0.15, 0.2) is 66.7 Å². The SMILES string of the molecule is CN(c1ccccc1)C1OC(=O)c2cccc3cccc1c23. The third-order valence-electron chi connectivity index (χ3n) is 4.16. The molecule has 0 aromatic heterocycles. The van der Waals surface area contributed by atoms with E-state index in [4.69, 9.17) is 4.74 Å². The number of carbonyl (C=O) groups is 1. The molecule has 1 aliphatic heterocycles. The number of cyclic esters (lactones) is 1. The van der Waals surface area contributed by atoms with E-state index in [0.29, 0.717) is 5.56 Å². The highest BCUT2D eigenvalue weighted by molar-refractivity contribution is 6.07. The van der Waals surface area contributed by atoms with Gasteiger partial charge in [0.15, 0.2) is 0 Å². The smallest absolute Gasteiger partial charge is 0.340 e. The normalized spacial score (nSPS) is 16.4. The van der Waals surface area contributed by atoms with Gasteiger partial charge in [-0.25, -0.2) is 4.79 Å². The van der Waals surface area contributed by atoms with Crippen molar-refractivity contribution in [3.8, 4) is 0 Å². The molecule has 0 saturated carbocycles. The lowest BCUT2D eigenvalue weighted by Crippen LogP contribution is -2.31. The van der Waals surface area contributed by atoms with Crippen molar-refractivity contribution in [1.82, 2.24) is 0 Å². The molecule has 3 aromatic carbocycles. The summed E-state index contributed by atoms with van der Waals surface area (Å²) in [6, 6.07) is 21.8. The average molecular weight is 289 g/mol. The lowest BCUT2D eigenvalue weighted by Gasteiger charge is -2.33. The number of anilines is 1. The van der Waals surface area contributed by atoms with E-state index in [1.54, 1.807) is 0 Å². The van der Waals surface area contributed by atoms with Crippen LogP contribution in [0, 0.1) is 0 Å². The van der Waals surface area contributed by atoms with Crippen LogP contribution in [0.5, 0.6) is 0 Å². The van der Waals surface area contributed by atoms with Crippen molar-refractivity contribution in [2.24, 2.45) is 0 Å². The van der Waals surface area contributed by atoms with E-state index in [0.717, 1.165) is 22.0 Å². The summed E-state index contributed by atoms with van der Waals surface area (Å²) < 4.78 is 5.71. The second-order valence-corrected chi connectivity index (χ2v) is 5.46. The molecule has 0 bridgehead atoms. The summed E-state index contributed by atoms with van der Waals surface area (Å²) in [5.41, 5.74) is 2.68. The third kappa shape index (κ3) is 1.86. The molecule has 0 saturated heterocycles. The molecule has 3 aromatic rings. The Balaban J connectivity index is 1.90. The fourth-order valence-corrected chi connectivity index (χ4v) is 3.06. The molecule has 0 amide bonds. The highest BCUT2D eigenvalue weighted by atomic mass is 16.6. The maximum absolute atomic E-state index is 12.4. The van der Waals surface area contributed by atoms with Crippen LogP contribution in [-0.4, -0.2) is 13.0 Å². The van der Waals surface area contributed by atoms with Crippen LogP contribution in [0.4, 0.5) is 5.69 Å². The largest absolute Gasteiger partial charge is 0.434 e. The van der Waals surface area contributed by atoms with Gasteiger partial charge >= 0.3 is 5.97 Å². The fraction of sp³-hybridized carbons (Fsp3) is 0.105. The molecule has 1 aliphatic rings. The number of ether oxygens (including phenoxy) is 1.